The maximum absolute atomic E-state index is 14.1. The number of rotatable bonds is 3. The molecule has 0 radical (unpaired) electrons. The van der Waals surface area contributed by atoms with Gasteiger partial charge >= 0.3 is 0 Å². The van der Waals surface area contributed by atoms with Gasteiger partial charge in [0.1, 0.15) is 23.9 Å². The number of carbonyl (C=O) groups excluding carboxylic acids is 3. The predicted molar refractivity (Wildman–Crippen MR) is 188 cm³/mol. The summed E-state index contributed by atoms with van der Waals surface area (Å²) in [4.78, 5) is 42.5. The first-order valence-electron chi connectivity index (χ1n) is 17.6. The molecule has 1 aromatic heterocycles. The Morgan fingerprint density at radius 2 is 1.56 bits per heavy atom. The molecule has 3 aromatic carbocycles. The second-order valence-corrected chi connectivity index (χ2v) is 13.0. The summed E-state index contributed by atoms with van der Waals surface area (Å²) in [5.74, 6) is 3.12. The number of carbonyl (C=O) groups is 3. The predicted octanol–water partition coefficient (Wildman–Crippen LogP) is 4.31. The van der Waals surface area contributed by atoms with Crippen LogP contribution in [-0.2, 0) is 24.3 Å². The fourth-order valence-corrected chi connectivity index (χ4v) is 6.76. The Morgan fingerprint density at radius 1 is 0.827 bits per heavy atom. The molecule has 0 saturated carbocycles. The number of nitrogens with one attached hydrogen (secondary N) is 2. The van der Waals surface area contributed by atoms with Gasteiger partial charge in [0.15, 0.2) is 28.6 Å². The van der Waals surface area contributed by atoms with Crippen molar-refractivity contribution < 1.29 is 38.1 Å². The highest BCUT2D eigenvalue weighted by Gasteiger charge is 2.45. The molecule has 1 fully saturated rings. The van der Waals surface area contributed by atoms with Crippen LogP contribution in [0.5, 0.6) is 34.5 Å². The highest BCUT2D eigenvalue weighted by Crippen LogP contribution is 2.38. The van der Waals surface area contributed by atoms with Gasteiger partial charge in [-0.15, -0.1) is 10.2 Å². The van der Waals surface area contributed by atoms with Crippen molar-refractivity contribution in [1.82, 2.24) is 30.3 Å². The second-order valence-electron chi connectivity index (χ2n) is 13.0. The van der Waals surface area contributed by atoms with E-state index in [0.29, 0.717) is 59.0 Å². The minimum Gasteiger partial charge on any atom is -0.493 e. The number of methoxy groups -OCH3 is 2. The molecule has 0 aliphatic carbocycles. The molecule has 2 N–H and O–H groups in total. The van der Waals surface area contributed by atoms with E-state index in [1.165, 1.54) is 14.2 Å². The molecule has 272 valence electrons. The van der Waals surface area contributed by atoms with E-state index in [4.69, 9.17) is 23.7 Å². The SMILES string of the molecule is COc1cc2ccc1Oc1ccc(cc1OC)C(=O)NCCOc1ccc(cc1)OC1(CCN(C(=O)c3nnc4n3CCCCC4)CC1)C(=O)NC2. The number of aryl methyl sites for hydroxylation is 1. The van der Waals surface area contributed by atoms with Crippen molar-refractivity contribution in [3.05, 3.63) is 83.4 Å². The van der Waals surface area contributed by atoms with E-state index in [0.717, 1.165) is 43.6 Å². The Balaban J connectivity index is 1.14. The lowest BCUT2D eigenvalue weighted by atomic mass is 9.89. The molecule has 1 saturated heterocycles. The van der Waals surface area contributed by atoms with Crippen molar-refractivity contribution in [3.63, 3.8) is 0 Å². The Labute approximate surface area is 301 Å². The summed E-state index contributed by atoms with van der Waals surface area (Å²) >= 11 is 0. The Morgan fingerprint density at radius 3 is 2.33 bits per heavy atom. The number of piperidine rings is 1. The molecule has 0 atom stereocenters. The maximum atomic E-state index is 14.1. The molecule has 14 nitrogen and oxygen atoms in total. The highest BCUT2D eigenvalue weighted by molar-refractivity contribution is 5.95. The lowest BCUT2D eigenvalue weighted by Crippen LogP contribution is -2.58. The normalized spacial score (nSPS) is 17.5. The summed E-state index contributed by atoms with van der Waals surface area (Å²) in [6, 6.07) is 17.3. The summed E-state index contributed by atoms with van der Waals surface area (Å²) in [6.45, 7) is 2.00. The molecule has 52 heavy (non-hydrogen) atoms. The van der Waals surface area contributed by atoms with Crippen LogP contribution in [0.2, 0.25) is 0 Å². The van der Waals surface area contributed by atoms with Gasteiger partial charge < -0.3 is 43.8 Å². The second kappa shape index (κ2) is 15.2. The van der Waals surface area contributed by atoms with E-state index in [-0.39, 0.29) is 50.3 Å². The van der Waals surface area contributed by atoms with Crippen molar-refractivity contribution >= 4 is 17.7 Å². The van der Waals surface area contributed by atoms with Crippen LogP contribution < -0.4 is 34.3 Å². The molecule has 8 aliphatic rings. The van der Waals surface area contributed by atoms with Crippen LogP contribution in [0.1, 0.15) is 64.5 Å². The van der Waals surface area contributed by atoms with Crippen LogP contribution in [0, 0.1) is 0 Å². The number of nitrogens with zero attached hydrogens (tertiary/aromatic N) is 4. The van der Waals surface area contributed by atoms with Gasteiger partial charge in [-0.2, -0.15) is 0 Å². The molecule has 4 aromatic rings. The largest absolute Gasteiger partial charge is 0.493 e. The number of fused-ring (bicyclic) bond motifs is 1. The monoisotopic (exact) mass is 710 g/mol. The van der Waals surface area contributed by atoms with Gasteiger partial charge in [-0.1, -0.05) is 12.5 Å². The van der Waals surface area contributed by atoms with E-state index in [1.807, 2.05) is 10.6 Å². The zero-order chi connectivity index (χ0) is 36.1. The maximum Gasteiger partial charge on any atom is 0.291 e. The number of benzene rings is 3. The molecular formula is C38H42N6O8. The fraction of sp³-hybridized carbons (Fsp3) is 0.395. The third kappa shape index (κ3) is 7.32. The zero-order valence-electron chi connectivity index (χ0n) is 29.3. The van der Waals surface area contributed by atoms with E-state index < -0.39 is 5.60 Å². The van der Waals surface area contributed by atoms with Crippen molar-refractivity contribution in [2.75, 3.05) is 40.5 Å². The molecule has 1 spiro atoms. The average Bonchev–Trinajstić information content (AvgIpc) is 3.43. The van der Waals surface area contributed by atoms with Crippen LogP contribution in [0.15, 0.2) is 60.7 Å². The van der Waals surface area contributed by atoms with Crippen LogP contribution >= 0.6 is 0 Å². The Kier molecular flexibility index (Phi) is 10.1. The van der Waals surface area contributed by atoms with Crippen molar-refractivity contribution in [2.45, 2.75) is 57.2 Å². The number of hydrogen-bond acceptors (Lipinski definition) is 10. The van der Waals surface area contributed by atoms with Crippen LogP contribution in [-0.4, -0.2) is 83.4 Å². The average molecular weight is 711 g/mol. The van der Waals surface area contributed by atoms with Gasteiger partial charge in [-0.05, 0) is 73.0 Å². The smallest absolute Gasteiger partial charge is 0.291 e. The number of aromatic nitrogens is 3. The molecule has 8 aliphatic heterocycles. The van der Waals surface area contributed by atoms with E-state index >= 15 is 0 Å². The Hall–Kier alpha value is -5.79. The van der Waals surface area contributed by atoms with E-state index in [9.17, 15) is 14.4 Å². The summed E-state index contributed by atoms with van der Waals surface area (Å²) in [6.07, 6.45) is 4.44. The fourth-order valence-electron chi connectivity index (χ4n) is 6.76. The van der Waals surface area contributed by atoms with Crippen LogP contribution in [0.25, 0.3) is 0 Å². The highest BCUT2D eigenvalue weighted by atomic mass is 16.5. The standard InChI is InChI=1S/C38H42N6O8/c1-48-31-22-25-7-13-29(31)51-30-14-8-26(23-32(30)49-2)35(45)39-17-21-50-27-9-11-28(12-10-27)52-38(37(47)40-24-25)15-19-43(20-16-38)36(46)34-42-41-33-6-4-3-5-18-44(33)34/h7-14,22-23H,3-6,15-21,24H2,1-2H3,(H,39,45)(H,40,47). The summed E-state index contributed by atoms with van der Waals surface area (Å²) < 4.78 is 31.7. The third-order valence-corrected chi connectivity index (χ3v) is 9.69. The lowest BCUT2D eigenvalue weighted by Gasteiger charge is -2.40. The molecule has 6 bridgehead atoms. The molecule has 9 heterocycles. The number of hydrogen-bond donors (Lipinski definition) is 2. The van der Waals surface area contributed by atoms with Gasteiger partial charge in [0.25, 0.3) is 17.7 Å². The van der Waals surface area contributed by atoms with Gasteiger partial charge in [-0.25, -0.2) is 0 Å². The van der Waals surface area contributed by atoms with Crippen molar-refractivity contribution in [1.29, 1.82) is 0 Å². The number of likely N-dealkylation sites (tertiary alicyclic amines) is 1. The molecule has 3 amide bonds. The number of amides is 3. The Bertz CT molecular complexity index is 1940. The zero-order valence-corrected chi connectivity index (χ0v) is 29.3. The van der Waals surface area contributed by atoms with Crippen molar-refractivity contribution in [3.8, 4) is 34.5 Å². The first-order chi connectivity index (χ1) is 25.4. The molecule has 0 unspecified atom stereocenters. The minimum atomic E-state index is -1.25. The van der Waals surface area contributed by atoms with Gasteiger partial charge in [0.2, 0.25) is 5.82 Å². The molecule has 12 rings (SSSR count). The first kappa shape index (κ1) is 34.6. The quantitative estimate of drug-likeness (QED) is 0.314. The lowest BCUT2D eigenvalue weighted by molar-refractivity contribution is -0.141. The van der Waals surface area contributed by atoms with E-state index in [1.54, 1.807) is 59.5 Å². The summed E-state index contributed by atoms with van der Waals surface area (Å²) in [5.41, 5.74) is -0.0818. The first-order valence-corrected chi connectivity index (χ1v) is 17.6. The van der Waals surface area contributed by atoms with Gasteiger partial charge in [-0.3, -0.25) is 14.4 Å². The summed E-state index contributed by atoms with van der Waals surface area (Å²) in [7, 11) is 3.03. The topological polar surface area (TPSA) is 155 Å². The van der Waals surface area contributed by atoms with E-state index in [2.05, 4.69) is 20.8 Å². The van der Waals surface area contributed by atoms with Gasteiger partial charge in [0.05, 0.1) is 20.8 Å². The summed E-state index contributed by atoms with van der Waals surface area (Å²) in [5, 5.41) is 14.5. The third-order valence-electron chi connectivity index (χ3n) is 9.69. The minimum absolute atomic E-state index is 0.189. The van der Waals surface area contributed by atoms with Crippen LogP contribution in [0.4, 0.5) is 0 Å². The van der Waals surface area contributed by atoms with Crippen molar-refractivity contribution in [2.24, 2.45) is 0 Å². The molecular weight excluding hydrogens is 668 g/mol. The molecule has 14 heteroatoms. The van der Waals surface area contributed by atoms with Crippen LogP contribution in [0.3, 0.4) is 0 Å². The van der Waals surface area contributed by atoms with Gasteiger partial charge in [0, 0.05) is 51.0 Å². The number of ether oxygens (including phenoxy) is 5.